The van der Waals surface area contributed by atoms with Crippen molar-refractivity contribution < 1.29 is 31.0 Å². The molecule has 0 bridgehead atoms. The first kappa shape index (κ1) is 10.6. The number of nitriles is 2. The molecule has 2 nitrogen and oxygen atoms in total. The Morgan fingerprint density at radius 2 is 1.43 bits per heavy atom. The van der Waals surface area contributed by atoms with E-state index in [4.69, 9.17) is 10.5 Å². The first-order valence-electron chi connectivity index (χ1n) is 1.02. The van der Waals surface area contributed by atoms with Crippen LogP contribution in [0.3, 0.4) is 0 Å². The Labute approximate surface area is 73.4 Å². The van der Waals surface area contributed by atoms with Crippen LogP contribution in [-0.2, 0) is 0 Å². The average molecular weight is 140 g/mol. The summed E-state index contributed by atoms with van der Waals surface area (Å²) < 4.78 is 0. The van der Waals surface area contributed by atoms with E-state index in [1.807, 2.05) is 0 Å². The Balaban J connectivity index is -0.000000125. The second-order valence-electron chi connectivity index (χ2n) is 0.349. The van der Waals surface area contributed by atoms with Crippen molar-refractivity contribution in [3.8, 4) is 10.8 Å². The van der Waals surface area contributed by atoms with Gasteiger partial charge in [0.2, 0.25) is 0 Å². The monoisotopic (exact) mass is 140 g/mol. The molecule has 0 aromatic heterocycles. The van der Waals surface area contributed by atoms with Gasteiger partial charge in [0.15, 0.2) is 0 Å². The normalized spacial score (nSPS) is 4.86. The average Bonchev–Trinajstić information content (AvgIpc) is 1.61. The maximum absolute atomic E-state index is 7.74. The predicted molar refractivity (Wildman–Crippen MR) is 27.5 cm³/mol. The van der Waals surface area contributed by atoms with Gasteiger partial charge in [-0.15, -0.1) is 0 Å². The molecule has 0 aromatic rings. The van der Waals surface area contributed by atoms with E-state index in [1.54, 1.807) is 10.8 Å². The van der Waals surface area contributed by atoms with Crippen LogP contribution < -0.4 is 29.6 Å². The standard InChI is InChI=1S/C2N2S2.Na.H/c3-1-5-6-2-4;;/q;+1;-1. The van der Waals surface area contributed by atoms with Crippen LogP contribution in [0.4, 0.5) is 0 Å². The Bertz CT molecular complexity index is 91.6. The molecule has 0 aromatic carbocycles. The number of nitrogens with zero attached hydrogens (tertiary/aromatic N) is 2. The molecule has 0 aliphatic carbocycles. The smallest absolute Gasteiger partial charge is 1.00 e. The minimum absolute atomic E-state index is 0. The minimum Gasteiger partial charge on any atom is -1.00 e. The van der Waals surface area contributed by atoms with Gasteiger partial charge in [0.1, 0.15) is 10.8 Å². The fourth-order valence-electron chi connectivity index (χ4n) is 0.0373. The zero-order valence-corrected chi connectivity index (χ0v) is 7.34. The summed E-state index contributed by atoms with van der Waals surface area (Å²) in [5.41, 5.74) is 0. The van der Waals surface area contributed by atoms with E-state index in [1.165, 1.54) is 0 Å². The van der Waals surface area contributed by atoms with Crippen molar-refractivity contribution in [1.82, 2.24) is 0 Å². The van der Waals surface area contributed by atoms with Gasteiger partial charge in [0, 0.05) is 21.6 Å². The van der Waals surface area contributed by atoms with Crippen LogP contribution >= 0.6 is 21.6 Å². The van der Waals surface area contributed by atoms with Crippen LogP contribution in [-0.4, -0.2) is 0 Å². The van der Waals surface area contributed by atoms with E-state index in [9.17, 15) is 0 Å². The molecule has 0 N–H and O–H groups in total. The maximum Gasteiger partial charge on any atom is 1.00 e. The van der Waals surface area contributed by atoms with Crippen LogP contribution in [0.15, 0.2) is 0 Å². The first-order valence-corrected chi connectivity index (χ1v) is 3.17. The molecular formula is C2HN2NaS2. The second kappa shape index (κ2) is 9.84. The Morgan fingerprint density at radius 3 is 1.57 bits per heavy atom. The van der Waals surface area contributed by atoms with Crippen molar-refractivity contribution in [2.75, 3.05) is 0 Å². The van der Waals surface area contributed by atoms with Gasteiger partial charge in [-0.3, -0.25) is 0 Å². The molecule has 7 heavy (non-hydrogen) atoms. The van der Waals surface area contributed by atoms with Gasteiger partial charge in [0.25, 0.3) is 0 Å². The summed E-state index contributed by atoms with van der Waals surface area (Å²) >= 11 is 0. The van der Waals surface area contributed by atoms with Gasteiger partial charge < -0.3 is 1.43 Å². The zero-order valence-electron chi connectivity index (χ0n) is 4.71. The summed E-state index contributed by atoms with van der Waals surface area (Å²) in [6.45, 7) is 0. The molecule has 5 heteroatoms. The quantitative estimate of drug-likeness (QED) is 0.191. The fourth-order valence-corrected chi connectivity index (χ4v) is 0.335. The molecule has 0 saturated heterocycles. The number of rotatable bonds is 1. The van der Waals surface area contributed by atoms with Crippen LogP contribution in [0, 0.1) is 21.3 Å². The topological polar surface area (TPSA) is 47.6 Å². The van der Waals surface area contributed by atoms with Crippen LogP contribution in [0.2, 0.25) is 0 Å². The van der Waals surface area contributed by atoms with Gasteiger partial charge in [-0.1, -0.05) is 0 Å². The van der Waals surface area contributed by atoms with E-state index in [-0.39, 0.29) is 31.0 Å². The molecule has 32 valence electrons. The molecule has 0 aliphatic rings. The van der Waals surface area contributed by atoms with Crippen molar-refractivity contribution in [3.63, 3.8) is 0 Å². The van der Waals surface area contributed by atoms with Crippen LogP contribution in [0.5, 0.6) is 0 Å². The second-order valence-corrected chi connectivity index (χ2v) is 2.05. The molecule has 0 amide bonds. The summed E-state index contributed by atoms with van der Waals surface area (Å²) in [5.74, 6) is 0. The van der Waals surface area contributed by atoms with Crippen LogP contribution in [0.25, 0.3) is 0 Å². The van der Waals surface area contributed by atoms with E-state index in [0.717, 1.165) is 21.6 Å². The van der Waals surface area contributed by atoms with E-state index in [2.05, 4.69) is 0 Å². The van der Waals surface area contributed by atoms with Gasteiger partial charge in [-0.25, -0.2) is 0 Å². The molecule has 0 spiro atoms. The third kappa shape index (κ3) is 10.8. The third-order valence-electron chi connectivity index (χ3n) is 0.116. The van der Waals surface area contributed by atoms with E-state index in [0.29, 0.717) is 0 Å². The van der Waals surface area contributed by atoms with Gasteiger partial charge in [-0.2, -0.15) is 10.5 Å². The van der Waals surface area contributed by atoms with E-state index < -0.39 is 0 Å². The predicted octanol–water partition coefficient (Wildman–Crippen LogP) is -1.55. The molecular weight excluding hydrogens is 139 g/mol. The molecule has 0 unspecified atom stereocenters. The number of hydrogen-bond donors (Lipinski definition) is 0. The summed E-state index contributed by atoms with van der Waals surface area (Å²) in [7, 11) is 1.74. The first-order chi connectivity index (χ1) is 2.91. The maximum atomic E-state index is 7.74. The van der Waals surface area contributed by atoms with Crippen molar-refractivity contribution in [3.05, 3.63) is 0 Å². The largest absolute Gasteiger partial charge is 1.00 e. The summed E-state index contributed by atoms with van der Waals surface area (Å²) in [6, 6.07) is 0. The Hall–Kier alpha value is 0.680. The van der Waals surface area contributed by atoms with Crippen molar-refractivity contribution in [2.24, 2.45) is 0 Å². The fraction of sp³-hybridized carbons (Fsp3) is 0. The van der Waals surface area contributed by atoms with E-state index >= 15 is 0 Å². The Kier molecular flexibility index (Phi) is 14.9. The molecule has 0 rings (SSSR count). The third-order valence-corrected chi connectivity index (χ3v) is 1.05. The minimum atomic E-state index is 0. The number of thiocyanates is 2. The van der Waals surface area contributed by atoms with Crippen molar-refractivity contribution in [2.45, 2.75) is 0 Å². The summed E-state index contributed by atoms with van der Waals surface area (Å²) in [5, 5.41) is 18.9. The molecule has 0 aliphatic heterocycles. The molecule has 0 saturated carbocycles. The van der Waals surface area contributed by atoms with Crippen molar-refractivity contribution in [1.29, 1.82) is 10.5 Å². The SMILES string of the molecule is N#CSSC#N.[H-].[Na+]. The number of hydrogen-bond acceptors (Lipinski definition) is 4. The van der Waals surface area contributed by atoms with Gasteiger partial charge in [-0.05, 0) is 0 Å². The Morgan fingerprint density at radius 1 is 1.14 bits per heavy atom. The van der Waals surface area contributed by atoms with Gasteiger partial charge in [0.05, 0.1) is 0 Å². The summed E-state index contributed by atoms with van der Waals surface area (Å²) in [4.78, 5) is 0. The summed E-state index contributed by atoms with van der Waals surface area (Å²) in [6.07, 6.45) is 0. The molecule has 0 radical (unpaired) electrons. The molecule has 0 atom stereocenters. The molecule has 0 fully saturated rings. The van der Waals surface area contributed by atoms with Gasteiger partial charge >= 0.3 is 29.6 Å². The molecule has 0 heterocycles. The zero-order chi connectivity index (χ0) is 4.83. The van der Waals surface area contributed by atoms with Crippen LogP contribution in [0.1, 0.15) is 1.43 Å². The van der Waals surface area contributed by atoms with Crippen molar-refractivity contribution >= 4 is 21.6 Å².